The molecule has 0 bridgehead atoms. The lowest BCUT2D eigenvalue weighted by molar-refractivity contribution is -0.153. The van der Waals surface area contributed by atoms with E-state index in [1.165, 1.54) is 19.2 Å². The minimum Gasteiger partial charge on any atom is -0.479 e. The maximum atomic E-state index is 11.9. The molecule has 136 valence electrons. The molecular formula is C19H19NO6. The highest BCUT2D eigenvalue weighted by Crippen LogP contribution is 2.12. The number of methoxy groups -OCH3 is 1. The minimum atomic E-state index is -0.843. The Kier molecular flexibility index (Phi) is 6.73. The molecule has 2 aromatic rings. The van der Waals surface area contributed by atoms with Crippen molar-refractivity contribution in [3.05, 3.63) is 60.2 Å². The van der Waals surface area contributed by atoms with Crippen LogP contribution in [0.25, 0.3) is 0 Å². The summed E-state index contributed by atoms with van der Waals surface area (Å²) in [6.07, 6.45) is -0.843. The van der Waals surface area contributed by atoms with Gasteiger partial charge in [0.25, 0.3) is 5.91 Å². The van der Waals surface area contributed by atoms with Crippen molar-refractivity contribution < 1.29 is 28.6 Å². The number of rotatable bonds is 7. The van der Waals surface area contributed by atoms with Gasteiger partial charge >= 0.3 is 11.9 Å². The van der Waals surface area contributed by atoms with Gasteiger partial charge in [-0.3, -0.25) is 4.79 Å². The predicted octanol–water partition coefficient (Wildman–Crippen LogP) is 2.42. The summed E-state index contributed by atoms with van der Waals surface area (Å²) in [4.78, 5) is 35.1. The number of ether oxygens (including phenoxy) is 3. The van der Waals surface area contributed by atoms with Crippen molar-refractivity contribution in [3.8, 4) is 5.75 Å². The van der Waals surface area contributed by atoms with Gasteiger partial charge in [0.05, 0.1) is 12.7 Å². The number of hydrogen-bond acceptors (Lipinski definition) is 6. The zero-order valence-corrected chi connectivity index (χ0v) is 14.4. The van der Waals surface area contributed by atoms with Crippen LogP contribution in [0.4, 0.5) is 5.69 Å². The molecule has 0 aliphatic carbocycles. The van der Waals surface area contributed by atoms with Gasteiger partial charge in [-0.15, -0.1) is 0 Å². The molecule has 26 heavy (non-hydrogen) atoms. The van der Waals surface area contributed by atoms with Crippen molar-refractivity contribution in [1.82, 2.24) is 0 Å². The summed E-state index contributed by atoms with van der Waals surface area (Å²) >= 11 is 0. The summed E-state index contributed by atoms with van der Waals surface area (Å²) in [5.41, 5.74) is 0.830. The van der Waals surface area contributed by atoms with Gasteiger partial charge in [0, 0.05) is 5.69 Å². The van der Waals surface area contributed by atoms with Crippen molar-refractivity contribution in [2.24, 2.45) is 0 Å². The molecule has 2 rings (SSSR count). The number of carbonyl (C=O) groups is 3. The lowest BCUT2D eigenvalue weighted by atomic mass is 10.2. The van der Waals surface area contributed by atoms with E-state index in [0.717, 1.165) is 0 Å². The number of para-hydroxylation sites is 1. The summed E-state index contributed by atoms with van der Waals surface area (Å²) in [5, 5.41) is 2.56. The quantitative estimate of drug-likeness (QED) is 0.765. The van der Waals surface area contributed by atoms with E-state index in [-0.39, 0.29) is 0 Å². The largest absolute Gasteiger partial charge is 0.479 e. The number of benzene rings is 2. The second-order valence-corrected chi connectivity index (χ2v) is 5.30. The van der Waals surface area contributed by atoms with Gasteiger partial charge in [-0.25, -0.2) is 9.59 Å². The Labute approximate surface area is 150 Å². The molecule has 0 aliphatic rings. The van der Waals surface area contributed by atoms with Crippen LogP contribution in [-0.4, -0.2) is 37.7 Å². The van der Waals surface area contributed by atoms with Gasteiger partial charge in [-0.1, -0.05) is 18.2 Å². The highest BCUT2D eigenvalue weighted by molar-refractivity contribution is 5.94. The highest BCUT2D eigenvalue weighted by Gasteiger charge is 2.17. The van der Waals surface area contributed by atoms with E-state index in [1.807, 2.05) is 6.07 Å². The average molecular weight is 357 g/mol. The van der Waals surface area contributed by atoms with Gasteiger partial charge in [0.2, 0.25) is 0 Å². The Bertz CT molecular complexity index is 757. The Hall–Kier alpha value is -3.35. The number of amides is 1. The molecule has 1 N–H and O–H groups in total. The second-order valence-electron chi connectivity index (χ2n) is 5.30. The van der Waals surface area contributed by atoms with Gasteiger partial charge in [-0.05, 0) is 43.3 Å². The summed E-state index contributed by atoms with van der Waals surface area (Å²) in [7, 11) is 1.29. The average Bonchev–Trinajstić information content (AvgIpc) is 2.66. The van der Waals surface area contributed by atoms with Crippen LogP contribution in [0.2, 0.25) is 0 Å². The van der Waals surface area contributed by atoms with Gasteiger partial charge in [0.1, 0.15) is 5.75 Å². The molecule has 0 aromatic heterocycles. The normalized spacial score (nSPS) is 11.2. The van der Waals surface area contributed by atoms with Crippen LogP contribution in [0, 0.1) is 0 Å². The van der Waals surface area contributed by atoms with Crippen LogP contribution >= 0.6 is 0 Å². The first kappa shape index (κ1) is 19.0. The van der Waals surface area contributed by atoms with Crippen LogP contribution in [0.5, 0.6) is 5.75 Å². The first-order chi connectivity index (χ1) is 12.5. The predicted molar refractivity (Wildman–Crippen MR) is 93.9 cm³/mol. The van der Waals surface area contributed by atoms with Crippen LogP contribution in [0.1, 0.15) is 17.3 Å². The Morgan fingerprint density at radius 2 is 1.65 bits per heavy atom. The Morgan fingerprint density at radius 1 is 1.00 bits per heavy atom. The smallest absolute Gasteiger partial charge is 0.347 e. The molecule has 0 radical (unpaired) electrons. The van der Waals surface area contributed by atoms with Crippen molar-refractivity contribution in [3.63, 3.8) is 0 Å². The number of carbonyl (C=O) groups excluding carboxylic acids is 3. The summed E-state index contributed by atoms with van der Waals surface area (Å²) < 4.78 is 15.0. The standard InChI is InChI=1S/C19H19NO6/c1-13(26-16-6-4-3-5-7-16)18(22)25-12-17(21)20-15-10-8-14(9-11-15)19(23)24-2/h3-11,13H,12H2,1-2H3,(H,20,21)/t13-/m0/s1. The zero-order chi connectivity index (χ0) is 18.9. The van der Waals surface area contributed by atoms with Crippen molar-refractivity contribution in [2.75, 3.05) is 19.0 Å². The fourth-order valence-corrected chi connectivity index (χ4v) is 2.01. The molecule has 0 heterocycles. The topological polar surface area (TPSA) is 90.9 Å². The van der Waals surface area contributed by atoms with Gasteiger partial charge < -0.3 is 19.5 Å². The van der Waals surface area contributed by atoms with E-state index in [9.17, 15) is 14.4 Å². The number of anilines is 1. The van der Waals surface area contributed by atoms with Crippen LogP contribution in [0.3, 0.4) is 0 Å². The van der Waals surface area contributed by atoms with E-state index in [1.54, 1.807) is 43.3 Å². The highest BCUT2D eigenvalue weighted by atomic mass is 16.6. The van der Waals surface area contributed by atoms with Crippen LogP contribution in [0.15, 0.2) is 54.6 Å². The van der Waals surface area contributed by atoms with E-state index < -0.39 is 30.6 Å². The lowest BCUT2D eigenvalue weighted by Crippen LogP contribution is -2.29. The molecular weight excluding hydrogens is 338 g/mol. The molecule has 1 atom stereocenters. The molecule has 0 saturated carbocycles. The van der Waals surface area contributed by atoms with Gasteiger partial charge in [0.15, 0.2) is 12.7 Å². The van der Waals surface area contributed by atoms with E-state index in [2.05, 4.69) is 10.1 Å². The molecule has 0 fully saturated rings. The van der Waals surface area contributed by atoms with Crippen LogP contribution < -0.4 is 10.1 Å². The molecule has 7 heteroatoms. The molecule has 0 unspecified atom stereocenters. The molecule has 0 spiro atoms. The first-order valence-corrected chi connectivity index (χ1v) is 7.86. The third kappa shape index (κ3) is 5.62. The molecule has 1 amide bonds. The van der Waals surface area contributed by atoms with Crippen molar-refractivity contribution in [2.45, 2.75) is 13.0 Å². The summed E-state index contributed by atoms with van der Waals surface area (Å²) in [6.45, 7) is 1.10. The third-order valence-corrected chi connectivity index (χ3v) is 3.32. The molecule has 2 aromatic carbocycles. The Morgan fingerprint density at radius 3 is 2.27 bits per heavy atom. The monoisotopic (exact) mass is 357 g/mol. The van der Waals surface area contributed by atoms with Gasteiger partial charge in [-0.2, -0.15) is 0 Å². The summed E-state index contributed by atoms with van der Waals surface area (Å²) in [5.74, 6) is -1.09. The SMILES string of the molecule is COC(=O)c1ccc(NC(=O)COC(=O)[C@H](C)Oc2ccccc2)cc1. The molecule has 7 nitrogen and oxygen atoms in total. The first-order valence-electron chi connectivity index (χ1n) is 7.86. The van der Waals surface area contributed by atoms with E-state index >= 15 is 0 Å². The summed E-state index contributed by atoms with van der Waals surface area (Å²) in [6, 6.07) is 15.0. The lowest BCUT2D eigenvalue weighted by Gasteiger charge is -2.13. The maximum Gasteiger partial charge on any atom is 0.347 e. The minimum absolute atomic E-state index is 0.365. The zero-order valence-electron chi connectivity index (χ0n) is 14.4. The maximum absolute atomic E-state index is 11.9. The fourth-order valence-electron chi connectivity index (χ4n) is 2.01. The Balaban J connectivity index is 1.78. The van der Waals surface area contributed by atoms with Crippen molar-refractivity contribution >= 4 is 23.5 Å². The second kappa shape index (κ2) is 9.22. The third-order valence-electron chi connectivity index (χ3n) is 3.32. The number of nitrogens with one attached hydrogen (secondary N) is 1. The van der Waals surface area contributed by atoms with E-state index in [4.69, 9.17) is 9.47 Å². The van der Waals surface area contributed by atoms with Crippen LogP contribution in [-0.2, 0) is 19.1 Å². The molecule has 0 saturated heterocycles. The molecule has 0 aliphatic heterocycles. The fraction of sp³-hybridized carbons (Fsp3) is 0.211. The van der Waals surface area contributed by atoms with E-state index in [0.29, 0.717) is 17.0 Å². The van der Waals surface area contributed by atoms with Crippen molar-refractivity contribution in [1.29, 1.82) is 0 Å². The number of hydrogen-bond donors (Lipinski definition) is 1. The number of esters is 2.